The van der Waals surface area contributed by atoms with Crippen LogP contribution in [0.15, 0.2) is 52.9 Å². The monoisotopic (exact) mass is 337 g/mol. The molecule has 0 saturated heterocycles. The quantitative estimate of drug-likeness (QED) is 0.748. The number of nitrogens with zero attached hydrogens (tertiary/aromatic N) is 2. The molecule has 1 N–H and O–H groups in total. The van der Waals surface area contributed by atoms with Crippen molar-refractivity contribution in [2.75, 3.05) is 13.7 Å². The number of hydrogen-bond acceptors (Lipinski definition) is 5. The van der Waals surface area contributed by atoms with Gasteiger partial charge in [-0.1, -0.05) is 29.8 Å². The van der Waals surface area contributed by atoms with Crippen LogP contribution in [0.1, 0.15) is 21.8 Å². The number of nitrogens with one attached hydrogen (secondary N) is 1. The molecule has 0 spiro atoms. The highest BCUT2D eigenvalue weighted by atomic mass is 16.5. The number of aromatic nitrogens is 2. The second kappa shape index (κ2) is 7.61. The van der Waals surface area contributed by atoms with Crippen molar-refractivity contribution in [2.24, 2.45) is 0 Å². The molecule has 25 heavy (non-hydrogen) atoms. The van der Waals surface area contributed by atoms with E-state index in [2.05, 4.69) is 15.5 Å². The Hall–Kier alpha value is -3.15. The maximum absolute atomic E-state index is 12.1. The van der Waals surface area contributed by atoms with Gasteiger partial charge in [-0.2, -0.15) is 0 Å². The zero-order valence-corrected chi connectivity index (χ0v) is 14.2. The third kappa shape index (κ3) is 4.03. The Bertz CT molecular complexity index is 874. The van der Waals surface area contributed by atoms with Crippen molar-refractivity contribution in [3.8, 4) is 17.2 Å². The van der Waals surface area contributed by atoms with Crippen molar-refractivity contribution in [2.45, 2.75) is 13.3 Å². The second-order valence-electron chi connectivity index (χ2n) is 5.58. The van der Waals surface area contributed by atoms with Gasteiger partial charge in [0.15, 0.2) is 0 Å². The molecule has 3 rings (SSSR count). The smallest absolute Gasteiger partial charge is 0.251 e. The van der Waals surface area contributed by atoms with E-state index in [9.17, 15) is 4.79 Å². The van der Waals surface area contributed by atoms with E-state index in [1.807, 2.05) is 49.4 Å². The fourth-order valence-corrected chi connectivity index (χ4v) is 2.46. The summed E-state index contributed by atoms with van der Waals surface area (Å²) in [6, 6.07) is 14.9. The summed E-state index contributed by atoms with van der Waals surface area (Å²) in [7, 11) is 1.59. The second-order valence-corrected chi connectivity index (χ2v) is 5.58. The van der Waals surface area contributed by atoms with Gasteiger partial charge < -0.3 is 14.5 Å². The number of para-hydroxylation sites is 1. The van der Waals surface area contributed by atoms with Crippen molar-refractivity contribution in [3.63, 3.8) is 0 Å². The van der Waals surface area contributed by atoms with E-state index in [0.29, 0.717) is 36.1 Å². The van der Waals surface area contributed by atoms with Crippen LogP contribution in [0.4, 0.5) is 0 Å². The van der Waals surface area contributed by atoms with Crippen LogP contribution in [0.2, 0.25) is 0 Å². The molecule has 1 amide bonds. The van der Waals surface area contributed by atoms with E-state index >= 15 is 0 Å². The predicted octanol–water partition coefficient (Wildman–Crippen LogP) is 3.03. The van der Waals surface area contributed by atoms with Crippen LogP contribution in [0.3, 0.4) is 0 Å². The molecule has 0 aliphatic heterocycles. The molecule has 0 aliphatic rings. The molecular weight excluding hydrogens is 318 g/mol. The molecule has 128 valence electrons. The fourth-order valence-electron chi connectivity index (χ4n) is 2.46. The zero-order chi connectivity index (χ0) is 17.6. The maximum atomic E-state index is 12.1. The summed E-state index contributed by atoms with van der Waals surface area (Å²) in [5.74, 6) is 1.42. The van der Waals surface area contributed by atoms with E-state index < -0.39 is 0 Å². The van der Waals surface area contributed by atoms with E-state index in [4.69, 9.17) is 9.15 Å². The summed E-state index contributed by atoms with van der Waals surface area (Å²) >= 11 is 0. The first-order valence-electron chi connectivity index (χ1n) is 7.98. The van der Waals surface area contributed by atoms with Crippen LogP contribution in [0.25, 0.3) is 11.5 Å². The molecule has 0 unspecified atom stereocenters. The average molecular weight is 337 g/mol. The normalized spacial score (nSPS) is 10.5. The van der Waals surface area contributed by atoms with Crippen molar-refractivity contribution in [1.29, 1.82) is 0 Å². The minimum Gasteiger partial charge on any atom is -0.496 e. The van der Waals surface area contributed by atoms with Crippen LogP contribution in [-0.2, 0) is 6.42 Å². The molecular formula is C19H19N3O3. The first-order chi connectivity index (χ1) is 12.2. The summed E-state index contributed by atoms with van der Waals surface area (Å²) in [5, 5.41) is 10.9. The summed E-state index contributed by atoms with van der Waals surface area (Å²) in [5.41, 5.74) is 2.43. The van der Waals surface area contributed by atoms with Gasteiger partial charge in [0.05, 0.1) is 12.7 Å². The fraction of sp³-hybridized carbons (Fsp3) is 0.211. The Labute approximate surface area is 145 Å². The van der Waals surface area contributed by atoms with Crippen LogP contribution >= 0.6 is 0 Å². The molecule has 3 aromatic rings. The minimum absolute atomic E-state index is 0.117. The Kier molecular flexibility index (Phi) is 5.09. The summed E-state index contributed by atoms with van der Waals surface area (Å²) in [6.07, 6.45) is 0.458. The van der Waals surface area contributed by atoms with Gasteiger partial charge in [0, 0.05) is 18.5 Å². The van der Waals surface area contributed by atoms with Crippen molar-refractivity contribution >= 4 is 5.91 Å². The third-order valence-electron chi connectivity index (χ3n) is 3.71. The van der Waals surface area contributed by atoms with Gasteiger partial charge >= 0.3 is 0 Å². The predicted molar refractivity (Wildman–Crippen MR) is 93.5 cm³/mol. The highest BCUT2D eigenvalue weighted by Crippen LogP contribution is 2.28. The number of ether oxygens (including phenoxy) is 1. The van der Waals surface area contributed by atoms with Crippen LogP contribution < -0.4 is 10.1 Å². The number of hydrogen-bond donors (Lipinski definition) is 1. The highest BCUT2D eigenvalue weighted by Gasteiger charge is 2.13. The summed E-state index contributed by atoms with van der Waals surface area (Å²) in [4.78, 5) is 12.1. The largest absolute Gasteiger partial charge is 0.496 e. The summed E-state index contributed by atoms with van der Waals surface area (Å²) in [6.45, 7) is 2.37. The van der Waals surface area contributed by atoms with Crippen LogP contribution in [0.5, 0.6) is 5.75 Å². The van der Waals surface area contributed by atoms with Crippen molar-refractivity contribution in [3.05, 3.63) is 65.5 Å². The molecule has 6 nitrogen and oxygen atoms in total. The number of benzene rings is 2. The van der Waals surface area contributed by atoms with Gasteiger partial charge in [-0.3, -0.25) is 4.79 Å². The zero-order valence-electron chi connectivity index (χ0n) is 14.2. The Morgan fingerprint density at radius 2 is 2.00 bits per heavy atom. The molecule has 2 aromatic carbocycles. The van der Waals surface area contributed by atoms with Crippen molar-refractivity contribution in [1.82, 2.24) is 15.5 Å². The lowest BCUT2D eigenvalue weighted by molar-refractivity contribution is 0.0953. The number of rotatable bonds is 6. The lowest BCUT2D eigenvalue weighted by atomic mass is 10.1. The lowest BCUT2D eigenvalue weighted by Gasteiger charge is -2.04. The Morgan fingerprint density at radius 3 is 2.80 bits per heavy atom. The van der Waals surface area contributed by atoms with E-state index in [0.717, 1.165) is 11.1 Å². The lowest BCUT2D eigenvalue weighted by Crippen LogP contribution is -2.25. The van der Waals surface area contributed by atoms with Gasteiger partial charge in [0.1, 0.15) is 5.75 Å². The molecule has 0 atom stereocenters. The molecule has 0 aliphatic carbocycles. The van der Waals surface area contributed by atoms with Crippen molar-refractivity contribution < 1.29 is 13.9 Å². The molecule has 0 saturated carbocycles. The van der Waals surface area contributed by atoms with Gasteiger partial charge in [0.25, 0.3) is 11.8 Å². The molecule has 0 bridgehead atoms. The first-order valence-corrected chi connectivity index (χ1v) is 7.98. The Balaban J connectivity index is 1.60. The SMILES string of the molecule is COc1ccccc1-c1nnc(CCNC(=O)c2cccc(C)c2)o1. The Morgan fingerprint density at radius 1 is 1.16 bits per heavy atom. The molecule has 6 heteroatoms. The maximum Gasteiger partial charge on any atom is 0.251 e. The molecule has 1 heterocycles. The van der Waals surface area contributed by atoms with Gasteiger partial charge in [0.2, 0.25) is 5.89 Å². The van der Waals surface area contributed by atoms with E-state index in [1.165, 1.54) is 0 Å². The molecule has 0 radical (unpaired) electrons. The first kappa shape index (κ1) is 16.7. The number of amides is 1. The van der Waals surface area contributed by atoms with E-state index in [-0.39, 0.29) is 5.91 Å². The number of methoxy groups -OCH3 is 1. The number of carbonyl (C=O) groups is 1. The highest BCUT2D eigenvalue weighted by molar-refractivity contribution is 5.94. The van der Waals surface area contributed by atoms with Crippen LogP contribution in [0, 0.1) is 6.92 Å². The van der Waals surface area contributed by atoms with Crippen LogP contribution in [-0.4, -0.2) is 29.8 Å². The molecule has 1 aromatic heterocycles. The summed E-state index contributed by atoms with van der Waals surface area (Å²) < 4.78 is 11.0. The van der Waals surface area contributed by atoms with E-state index in [1.54, 1.807) is 13.2 Å². The average Bonchev–Trinajstić information content (AvgIpc) is 3.10. The van der Waals surface area contributed by atoms with Gasteiger partial charge in [-0.15, -0.1) is 10.2 Å². The topological polar surface area (TPSA) is 77.3 Å². The number of carbonyl (C=O) groups excluding carboxylic acids is 1. The number of aryl methyl sites for hydroxylation is 1. The van der Waals surface area contributed by atoms with Gasteiger partial charge in [-0.05, 0) is 31.2 Å². The minimum atomic E-state index is -0.117. The third-order valence-corrected chi connectivity index (χ3v) is 3.71. The van der Waals surface area contributed by atoms with Gasteiger partial charge in [-0.25, -0.2) is 0 Å². The standard InChI is InChI=1S/C19H19N3O3/c1-13-6-5-7-14(12-13)18(23)20-11-10-17-21-22-19(25-17)15-8-3-4-9-16(15)24-2/h3-9,12H,10-11H2,1-2H3,(H,20,23). The molecule has 0 fully saturated rings.